The number of ether oxygens (including phenoxy) is 1. The van der Waals surface area contributed by atoms with Crippen LogP contribution in [0.1, 0.15) is 16.2 Å². The van der Waals surface area contributed by atoms with Gasteiger partial charge >= 0.3 is 5.97 Å². The van der Waals surface area contributed by atoms with Crippen LogP contribution in [0.2, 0.25) is 0 Å². The lowest BCUT2D eigenvalue weighted by molar-refractivity contribution is 0.0699. The molecule has 6 nitrogen and oxygen atoms in total. The van der Waals surface area contributed by atoms with Crippen molar-refractivity contribution in [2.24, 2.45) is 0 Å². The summed E-state index contributed by atoms with van der Waals surface area (Å²) in [7, 11) is 0. The number of carbonyl (C=O) groups is 1. The lowest BCUT2D eigenvalue weighted by Gasteiger charge is -2.29. The van der Waals surface area contributed by atoms with Crippen LogP contribution in [0.4, 0.5) is 5.69 Å². The van der Waals surface area contributed by atoms with Crippen LogP contribution in [0, 0.1) is 6.92 Å². The predicted octanol–water partition coefficient (Wildman–Crippen LogP) is 4.02. The van der Waals surface area contributed by atoms with Crippen LogP contribution in [0.25, 0.3) is 27.5 Å². The number of anilines is 1. The smallest absolute Gasteiger partial charge is 0.338 e. The molecule has 3 aromatic carbocycles. The summed E-state index contributed by atoms with van der Waals surface area (Å²) in [5.74, 6) is -0.203. The number of hydrogen-bond acceptors (Lipinski definition) is 4. The largest absolute Gasteiger partial charge is 0.478 e. The van der Waals surface area contributed by atoms with E-state index in [1.807, 2.05) is 25.1 Å². The molecule has 1 saturated heterocycles. The molecule has 0 radical (unpaired) electrons. The fourth-order valence-corrected chi connectivity index (χ4v) is 4.15. The van der Waals surface area contributed by atoms with Crippen molar-refractivity contribution in [3.05, 3.63) is 66.0 Å². The number of carboxylic acids is 1. The van der Waals surface area contributed by atoms with E-state index in [1.54, 1.807) is 6.07 Å². The number of benzene rings is 3. The molecule has 4 aromatic rings. The highest BCUT2D eigenvalue weighted by molar-refractivity contribution is 6.04. The summed E-state index contributed by atoms with van der Waals surface area (Å²) >= 11 is 0. The highest BCUT2D eigenvalue weighted by Crippen LogP contribution is 2.32. The van der Waals surface area contributed by atoms with Crippen LogP contribution in [0.3, 0.4) is 0 Å². The fraction of sp³-hybridized carbons (Fsp3) is 0.217. The van der Waals surface area contributed by atoms with Crippen LogP contribution < -0.4 is 4.90 Å². The molecule has 146 valence electrons. The zero-order valence-electron chi connectivity index (χ0n) is 16.1. The first-order valence-corrected chi connectivity index (χ1v) is 9.71. The Balaban J connectivity index is 1.80. The molecule has 29 heavy (non-hydrogen) atoms. The van der Waals surface area contributed by atoms with Crippen molar-refractivity contribution in [2.75, 3.05) is 31.2 Å². The molecule has 0 aliphatic carbocycles. The molecule has 1 aliphatic rings. The standard InChI is InChI=1S/C23H21N3O3/c1-15-24-22-19(23(27)28)13-17(25-9-11-29-12-10-25)14-21(22)26(15)20-8-4-6-16-5-2-3-7-18(16)20/h2-8,13-14H,9-12H2,1H3,(H,27,28). The minimum atomic E-state index is -0.965. The van der Waals surface area contributed by atoms with E-state index in [0.29, 0.717) is 18.7 Å². The van der Waals surface area contributed by atoms with Crippen molar-refractivity contribution >= 4 is 33.5 Å². The number of aromatic carboxylic acids is 1. The van der Waals surface area contributed by atoms with Gasteiger partial charge in [-0.25, -0.2) is 9.78 Å². The molecule has 1 N–H and O–H groups in total. The summed E-state index contributed by atoms with van der Waals surface area (Å²) in [5, 5.41) is 12.1. The molecular weight excluding hydrogens is 366 g/mol. The van der Waals surface area contributed by atoms with Crippen molar-refractivity contribution < 1.29 is 14.6 Å². The lowest BCUT2D eigenvalue weighted by atomic mass is 10.1. The van der Waals surface area contributed by atoms with Gasteiger partial charge < -0.3 is 14.7 Å². The lowest BCUT2D eigenvalue weighted by Crippen LogP contribution is -2.36. The Morgan fingerprint density at radius 2 is 1.83 bits per heavy atom. The highest BCUT2D eigenvalue weighted by Gasteiger charge is 2.21. The Kier molecular flexibility index (Phi) is 4.21. The third-order valence-corrected chi connectivity index (χ3v) is 5.53. The number of fused-ring (bicyclic) bond motifs is 2. The van der Waals surface area contributed by atoms with E-state index in [4.69, 9.17) is 4.74 Å². The zero-order valence-corrected chi connectivity index (χ0v) is 16.1. The molecule has 0 spiro atoms. The molecule has 1 aliphatic heterocycles. The fourth-order valence-electron chi connectivity index (χ4n) is 4.15. The van der Waals surface area contributed by atoms with Gasteiger partial charge in [-0.3, -0.25) is 4.57 Å². The average Bonchev–Trinajstić information content (AvgIpc) is 3.08. The Morgan fingerprint density at radius 1 is 1.07 bits per heavy atom. The van der Waals surface area contributed by atoms with Gasteiger partial charge in [0.25, 0.3) is 0 Å². The summed E-state index contributed by atoms with van der Waals surface area (Å²) < 4.78 is 7.52. The van der Waals surface area contributed by atoms with Gasteiger partial charge in [-0.2, -0.15) is 0 Å². The number of imidazole rings is 1. The van der Waals surface area contributed by atoms with E-state index >= 15 is 0 Å². The van der Waals surface area contributed by atoms with Crippen LogP contribution in [0.15, 0.2) is 54.6 Å². The van der Waals surface area contributed by atoms with E-state index in [1.165, 1.54) is 0 Å². The Labute approximate surface area is 168 Å². The summed E-state index contributed by atoms with van der Waals surface area (Å²) in [6.07, 6.45) is 0. The maximum Gasteiger partial charge on any atom is 0.338 e. The van der Waals surface area contributed by atoms with Gasteiger partial charge in [-0.15, -0.1) is 0 Å². The third kappa shape index (κ3) is 2.93. The number of morpholine rings is 1. The van der Waals surface area contributed by atoms with Crippen molar-refractivity contribution in [3.63, 3.8) is 0 Å². The first-order valence-electron chi connectivity index (χ1n) is 9.71. The molecule has 2 heterocycles. The van der Waals surface area contributed by atoms with Crippen molar-refractivity contribution in [2.45, 2.75) is 6.92 Å². The van der Waals surface area contributed by atoms with Gasteiger partial charge in [0, 0.05) is 24.2 Å². The minimum absolute atomic E-state index is 0.228. The molecule has 0 saturated carbocycles. The molecule has 5 rings (SSSR count). The third-order valence-electron chi connectivity index (χ3n) is 5.53. The zero-order chi connectivity index (χ0) is 20.0. The number of nitrogens with zero attached hydrogens (tertiary/aromatic N) is 3. The summed E-state index contributed by atoms with van der Waals surface area (Å²) in [5.41, 5.74) is 3.43. The molecule has 0 amide bonds. The van der Waals surface area contributed by atoms with Gasteiger partial charge in [-0.1, -0.05) is 36.4 Å². The van der Waals surface area contributed by atoms with E-state index < -0.39 is 5.97 Å². The van der Waals surface area contributed by atoms with Gasteiger partial charge in [0.15, 0.2) is 0 Å². The number of hydrogen-bond donors (Lipinski definition) is 1. The van der Waals surface area contributed by atoms with Gasteiger partial charge in [0.1, 0.15) is 11.3 Å². The number of aryl methyl sites for hydroxylation is 1. The molecule has 1 aromatic heterocycles. The summed E-state index contributed by atoms with van der Waals surface area (Å²) in [4.78, 5) is 18.8. The Bertz CT molecular complexity index is 1230. The average molecular weight is 387 g/mol. The van der Waals surface area contributed by atoms with E-state index in [2.05, 4.69) is 44.8 Å². The van der Waals surface area contributed by atoms with Crippen molar-refractivity contribution in [3.8, 4) is 5.69 Å². The maximum atomic E-state index is 12.0. The van der Waals surface area contributed by atoms with Gasteiger partial charge in [0.05, 0.1) is 30.0 Å². The topological polar surface area (TPSA) is 67.6 Å². The Morgan fingerprint density at radius 3 is 2.62 bits per heavy atom. The molecule has 0 atom stereocenters. The predicted molar refractivity (Wildman–Crippen MR) is 113 cm³/mol. The Hall–Kier alpha value is -3.38. The van der Waals surface area contributed by atoms with Crippen molar-refractivity contribution in [1.82, 2.24) is 9.55 Å². The summed E-state index contributed by atoms with van der Waals surface area (Å²) in [6, 6.07) is 18.1. The van der Waals surface area contributed by atoms with Gasteiger partial charge in [0.2, 0.25) is 0 Å². The van der Waals surface area contributed by atoms with Crippen LogP contribution in [-0.2, 0) is 4.74 Å². The second-order valence-corrected chi connectivity index (χ2v) is 7.26. The second-order valence-electron chi connectivity index (χ2n) is 7.26. The minimum Gasteiger partial charge on any atom is -0.478 e. The number of aromatic nitrogens is 2. The number of rotatable bonds is 3. The van der Waals surface area contributed by atoms with E-state index in [0.717, 1.165) is 46.6 Å². The van der Waals surface area contributed by atoms with E-state index in [-0.39, 0.29) is 5.56 Å². The van der Waals surface area contributed by atoms with Gasteiger partial charge in [-0.05, 0) is 30.5 Å². The molecule has 6 heteroatoms. The quantitative estimate of drug-likeness (QED) is 0.575. The first-order chi connectivity index (χ1) is 14.1. The van der Waals surface area contributed by atoms with Crippen molar-refractivity contribution in [1.29, 1.82) is 0 Å². The molecule has 0 bridgehead atoms. The second kappa shape index (κ2) is 6.90. The van der Waals surface area contributed by atoms with E-state index in [9.17, 15) is 9.90 Å². The van der Waals surface area contributed by atoms with Crippen LogP contribution >= 0.6 is 0 Å². The molecule has 0 unspecified atom stereocenters. The van der Waals surface area contributed by atoms with Crippen LogP contribution in [0.5, 0.6) is 0 Å². The summed E-state index contributed by atoms with van der Waals surface area (Å²) in [6.45, 7) is 4.68. The van der Waals surface area contributed by atoms with Crippen LogP contribution in [-0.4, -0.2) is 46.9 Å². The highest BCUT2D eigenvalue weighted by atomic mass is 16.5. The monoisotopic (exact) mass is 387 g/mol. The molecular formula is C23H21N3O3. The molecule has 1 fully saturated rings. The first kappa shape index (κ1) is 17.7. The maximum absolute atomic E-state index is 12.0. The SMILES string of the molecule is Cc1nc2c(C(=O)O)cc(N3CCOCC3)cc2n1-c1cccc2ccccc12. The number of carboxylic acid groups (broad SMARTS) is 1. The normalized spacial score (nSPS) is 14.6.